The van der Waals surface area contributed by atoms with Gasteiger partial charge in [0.1, 0.15) is 0 Å². The molecule has 0 aliphatic carbocycles. The molecule has 2 aromatic rings. The van der Waals surface area contributed by atoms with Gasteiger partial charge in [0.25, 0.3) is 5.91 Å². The number of likely N-dealkylation sites (tertiary alicyclic amines) is 1. The lowest BCUT2D eigenvalue weighted by Crippen LogP contribution is -2.46. The molecule has 7 heteroatoms. The van der Waals surface area contributed by atoms with Gasteiger partial charge in [0.15, 0.2) is 5.82 Å². The van der Waals surface area contributed by atoms with Crippen molar-refractivity contribution in [2.24, 2.45) is 5.92 Å². The zero-order chi connectivity index (χ0) is 23.9. The van der Waals surface area contributed by atoms with Gasteiger partial charge in [0.2, 0.25) is 0 Å². The van der Waals surface area contributed by atoms with Crippen molar-refractivity contribution in [1.82, 2.24) is 14.8 Å². The predicted octanol–water partition coefficient (Wildman–Crippen LogP) is 5.52. The molecule has 1 unspecified atom stereocenters. The number of benzene rings is 1. The monoisotopic (exact) mass is 463 g/mol. The van der Waals surface area contributed by atoms with Crippen LogP contribution in [-0.4, -0.2) is 59.4 Å². The van der Waals surface area contributed by atoms with Crippen LogP contribution in [0.4, 0.5) is 22.0 Å². The van der Waals surface area contributed by atoms with Crippen molar-refractivity contribution >= 4 is 29.1 Å². The van der Waals surface area contributed by atoms with E-state index in [-0.39, 0.29) is 11.9 Å². The fourth-order valence-corrected chi connectivity index (χ4v) is 5.21. The third kappa shape index (κ3) is 5.41. The van der Waals surface area contributed by atoms with Crippen LogP contribution in [0.5, 0.6) is 0 Å². The summed E-state index contributed by atoms with van der Waals surface area (Å²) in [5.41, 5.74) is 1.70. The molecule has 3 heterocycles. The van der Waals surface area contributed by atoms with Gasteiger partial charge in [-0.05, 0) is 88.3 Å². The molecule has 1 aromatic carbocycles. The SMILES string of the molecule is CCCN(CCC)CCCC1CCCN(C(=O)N2c3ccccc3NC(=O)c3cccnc32)C1. The summed E-state index contributed by atoms with van der Waals surface area (Å²) in [5, 5.41) is 2.94. The van der Waals surface area contributed by atoms with Gasteiger partial charge in [-0.1, -0.05) is 26.0 Å². The van der Waals surface area contributed by atoms with E-state index in [9.17, 15) is 9.59 Å². The minimum Gasteiger partial charge on any atom is -0.324 e. The van der Waals surface area contributed by atoms with E-state index in [2.05, 4.69) is 29.0 Å². The first-order chi connectivity index (χ1) is 16.6. The van der Waals surface area contributed by atoms with Gasteiger partial charge in [0, 0.05) is 19.3 Å². The maximum absolute atomic E-state index is 13.9. The molecule has 7 nitrogen and oxygen atoms in total. The Bertz CT molecular complexity index is 988. The molecule has 34 heavy (non-hydrogen) atoms. The number of rotatable bonds is 8. The van der Waals surface area contributed by atoms with Crippen molar-refractivity contribution in [2.45, 2.75) is 52.4 Å². The number of nitrogens with zero attached hydrogens (tertiary/aromatic N) is 4. The van der Waals surface area contributed by atoms with E-state index < -0.39 is 0 Å². The van der Waals surface area contributed by atoms with Gasteiger partial charge in [-0.25, -0.2) is 14.7 Å². The van der Waals surface area contributed by atoms with E-state index in [1.807, 2.05) is 29.2 Å². The Morgan fingerprint density at radius 2 is 1.91 bits per heavy atom. The first kappa shape index (κ1) is 24.2. The largest absolute Gasteiger partial charge is 0.330 e. The smallest absolute Gasteiger partial charge is 0.324 e. The number of piperidine rings is 1. The van der Waals surface area contributed by atoms with Gasteiger partial charge >= 0.3 is 6.03 Å². The molecule has 2 aliphatic rings. The van der Waals surface area contributed by atoms with Crippen LogP contribution in [-0.2, 0) is 0 Å². The number of hydrogen-bond acceptors (Lipinski definition) is 4. The maximum Gasteiger partial charge on any atom is 0.330 e. The highest BCUT2D eigenvalue weighted by Crippen LogP contribution is 2.37. The molecule has 1 saturated heterocycles. The molecule has 1 aromatic heterocycles. The second kappa shape index (κ2) is 11.5. The van der Waals surface area contributed by atoms with Crippen molar-refractivity contribution in [3.8, 4) is 0 Å². The molecule has 4 rings (SSSR count). The lowest BCUT2D eigenvalue weighted by Gasteiger charge is -2.36. The Balaban J connectivity index is 1.49. The van der Waals surface area contributed by atoms with Crippen LogP contribution in [0.2, 0.25) is 0 Å². The summed E-state index contributed by atoms with van der Waals surface area (Å²) in [6.45, 7) is 9.43. The summed E-state index contributed by atoms with van der Waals surface area (Å²) < 4.78 is 0. The highest BCUT2D eigenvalue weighted by molar-refractivity contribution is 6.16. The third-order valence-electron chi connectivity index (χ3n) is 6.78. The first-order valence-corrected chi connectivity index (χ1v) is 12.8. The Kier molecular flexibility index (Phi) is 8.16. The second-order valence-corrected chi connectivity index (χ2v) is 9.40. The standard InChI is InChI=1S/C27H37N5O2/c1-3-16-30(17-4-2)18-8-10-21-11-9-19-31(20-21)27(34)32-24-14-6-5-13-23(24)29-26(33)22-12-7-15-28-25(22)32/h5-7,12-15,21H,3-4,8-11,16-20H2,1-2H3,(H,29,33). The molecule has 1 fully saturated rings. The summed E-state index contributed by atoms with van der Waals surface area (Å²) in [7, 11) is 0. The fraction of sp³-hybridized carbons (Fsp3) is 0.519. The molecular formula is C27H37N5O2. The number of anilines is 3. The number of amides is 3. The van der Waals surface area contributed by atoms with Gasteiger partial charge < -0.3 is 15.1 Å². The van der Waals surface area contributed by atoms with Crippen molar-refractivity contribution in [3.05, 3.63) is 48.2 Å². The number of urea groups is 1. The summed E-state index contributed by atoms with van der Waals surface area (Å²) in [4.78, 5) is 37.3. The average molecular weight is 464 g/mol. The Morgan fingerprint density at radius 3 is 2.71 bits per heavy atom. The Morgan fingerprint density at radius 1 is 1.12 bits per heavy atom. The van der Waals surface area contributed by atoms with E-state index in [4.69, 9.17) is 0 Å². The van der Waals surface area contributed by atoms with E-state index in [1.54, 1.807) is 23.2 Å². The fourth-order valence-electron chi connectivity index (χ4n) is 5.21. The van der Waals surface area contributed by atoms with Gasteiger partial charge in [-0.2, -0.15) is 0 Å². The quantitative estimate of drug-likeness (QED) is 0.560. The molecule has 2 aliphatic heterocycles. The lowest BCUT2D eigenvalue weighted by atomic mass is 9.93. The minimum absolute atomic E-state index is 0.104. The van der Waals surface area contributed by atoms with Crippen molar-refractivity contribution < 1.29 is 9.59 Å². The molecule has 0 radical (unpaired) electrons. The molecule has 0 saturated carbocycles. The predicted molar refractivity (Wildman–Crippen MR) is 137 cm³/mol. The Labute approximate surface area is 203 Å². The molecular weight excluding hydrogens is 426 g/mol. The van der Waals surface area contributed by atoms with Crippen molar-refractivity contribution in [3.63, 3.8) is 0 Å². The minimum atomic E-state index is -0.244. The van der Waals surface area contributed by atoms with Crippen LogP contribution >= 0.6 is 0 Å². The molecule has 1 atom stereocenters. The number of hydrogen-bond donors (Lipinski definition) is 1. The second-order valence-electron chi connectivity index (χ2n) is 9.40. The number of pyridine rings is 1. The highest BCUT2D eigenvalue weighted by Gasteiger charge is 2.34. The zero-order valence-electron chi connectivity index (χ0n) is 20.5. The van der Waals surface area contributed by atoms with E-state index >= 15 is 0 Å². The average Bonchev–Trinajstić information content (AvgIpc) is 2.98. The van der Waals surface area contributed by atoms with Crippen LogP contribution in [0.25, 0.3) is 0 Å². The van der Waals surface area contributed by atoms with Gasteiger partial charge in [-0.15, -0.1) is 0 Å². The van der Waals surface area contributed by atoms with Crippen LogP contribution in [0.3, 0.4) is 0 Å². The molecule has 0 bridgehead atoms. The number of carbonyl (C=O) groups is 2. The summed E-state index contributed by atoms with van der Waals surface area (Å²) >= 11 is 0. The van der Waals surface area contributed by atoms with E-state index in [0.29, 0.717) is 28.7 Å². The highest BCUT2D eigenvalue weighted by atomic mass is 16.2. The van der Waals surface area contributed by atoms with Gasteiger partial charge in [0.05, 0.1) is 16.9 Å². The van der Waals surface area contributed by atoms with Crippen molar-refractivity contribution in [2.75, 3.05) is 42.9 Å². The molecule has 3 amide bonds. The van der Waals surface area contributed by atoms with Crippen LogP contribution in [0.1, 0.15) is 62.7 Å². The van der Waals surface area contributed by atoms with Crippen LogP contribution < -0.4 is 10.2 Å². The number of para-hydroxylation sites is 2. The number of nitrogens with one attached hydrogen (secondary N) is 1. The van der Waals surface area contributed by atoms with E-state index in [0.717, 1.165) is 52.0 Å². The number of carbonyl (C=O) groups excluding carboxylic acids is 2. The Hall–Kier alpha value is -2.93. The lowest BCUT2D eigenvalue weighted by molar-refractivity contribution is 0.102. The summed E-state index contributed by atoms with van der Waals surface area (Å²) in [6.07, 6.45) is 8.49. The number of aromatic nitrogens is 1. The van der Waals surface area contributed by atoms with Crippen LogP contribution in [0, 0.1) is 5.92 Å². The number of fused-ring (bicyclic) bond motifs is 2. The summed E-state index contributed by atoms with van der Waals surface area (Å²) in [5.74, 6) is 0.658. The third-order valence-corrected chi connectivity index (χ3v) is 6.78. The summed E-state index contributed by atoms with van der Waals surface area (Å²) in [6, 6.07) is 10.8. The van der Waals surface area contributed by atoms with Crippen LogP contribution in [0.15, 0.2) is 42.6 Å². The molecule has 182 valence electrons. The van der Waals surface area contributed by atoms with E-state index in [1.165, 1.54) is 19.3 Å². The molecule has 1 N–H and O–H groups in total. The topological polar surface area (TPSA) is 68.8 Å². The molecule has 0 spiro atoms. The maximum atomic E-state index is 13.9. The first-order valence-electron chi connectivity index (χ1n) is 12.8. The normalized spacial score (nSPS) is 17.7. The van der Waals surface area contributed by atoms with Crippen molar-refractivity contribution in [1.29, 1.82) is 0 Å². The van der Waals surface area contributed by atoms with Gasteiger partial charge in [-0.3, -0.25) is 4.79 Å². The zero-order valence-corrected chi connectivity index (χ0v) is 20.5.